The summed E-state index contributed by atoms with van der Waals surface area (Å²) in [5.74, 6) is 0. The van der Waals surface area contributed by atoms with E-state index in [1.807, 2.05) is 20.8 Å². The lowest BCUT2D eigenvalue weighted by Gasteiger charge is -2.20. The smallest absolute Gasteiger partial charge is 0.0781 e. The zero-order valence-electron chi connectivity index (χ0n) is 26.8. The molecule has 0 radical (unpaired) electrons. The van der Waals surface area contributed by atoms with Gasteiger partial charge in [0.2, 0.25) is 0 Å². The molecule has 41 heavy (non-hydrogen) atoms. The van der Waals surface area contributed by atoms with Crippen LogP contribution in [-0.4, -0.2) is 129 Å². The first kappa shape index (κ1) is 40.6. The van der Waals surface area contributed by atoms with Gasteiger partial charge in [-0.2, -0.15) is 0 Å². The molecule has 0 heterocycles. The Morgan fingerprint density at radius 1 is 0.390 bits per heavy atom. The SMILES string of the molecule is CCCCCCCCCCOCC(C)OCC(C)OCC(C)OCCOCCOCCOCCOCCOCCO. The molecule has 3 unspecified atom stereocenters. The van der Waals surface area contributed by atoms with E-state index in [2.05, 4.69) is 6.92 Å². The maximum atomic E-state index is 8.59. The minimum absolute atomic E-state index is 0.00176. The van der Waals surface area contributed by atoms with Crippen LogP contribution in [0.5, 0.6) is 0 Å². The second-order valence-corrected chi connectivity index (χ2v) is 10.3. The number of rotatable bonds is 35. The molecule has 0 amide bonds. The molecule has 3 atom stereocenters. The topological polar surface area (TPSA) is 103 Å². The average Bonchev–Trinajstić information content (AvgIpc) is 2.97. The van der Waals surface area contributed by atoms with E-state index < -0.39 is 0 Å². The first-order chi connectivity index (χ1) is 20.1. The van der Waals surface area contributed by atoms with Gasteiger partial charge in [0.25, 0.3) is 0 Å². The quantitative estimate of drug-likeness (QED) is 0.106. The van der Waals surface area contributed by atoms with Crippen LogP contribution >= 0.6 is 0 Å². The van der Waals surface area contributed by atoms with Crippen LogP contribution in [0.3, 0.4) is 0 Å². The van der Waals surface area contributed by atoms with Crippen LogP contribution in [0.4, 0.5) is 0 Å². The van der Waals surface area contributed by atoms with Crippen molar-refractivity contribution >= 4 is 0 Å². The Morgan fingerprint density at radius 3 is 1.27 bits per heavy atom. The molecular formula is C31H64O10. The lowest BCUT2D eigenvalue weighted by molar-refractivity contribution is -0.0854. The van der Waals surface area contributed by atoms with Crippen molar-refractivity contribution in [3.8, 4) is 0 Å². The Balaban J connectivity index is 3.36. The Hall–Kier alpha value is -0.400. The van der Waals surface area contributed by atoms with Gasteiger partial charge in [0, 0.05) is 6.61 Å². The third-order valence-corrected chi connectivity index (χ3v) is 6.08. The molecule has 248 valence electrons. The fraction of sp³-hybridized carbons (Fsp3) is 1.00. The Labute approximate surface area is 251 Å². The van der Waals surface area contributed by atoms with Crippen LogP contribution < -0.4 is 0 Å². The van der Waals surface area contributed by atoms with Gasteiger partial charge < -0.3 is 47.7 Å². The molecule has 0 aromatic rings. The minimum Gasteiger partial charge on any atom is -0.394 e. The molecule has 0 aliphatic rings. The summed E-state index contributed by atoms with van der Waals surface area (Å²) in [5, 5.41) is 8.59. The van der Waals surface area contributed by atoms with E-state index in [1.54, 1.807) is 0 Å². The first-order valence-corrected chi connectivity index (χ1v) is 16.0. The van der Waals surface area contributed by atoms with Gasteiger partial charge in [-0.05, 0) is 27.2 Å². The highest BCUT2D eigenvalue weighted by molar-refractivity contribution is 4.55. The second-order valence-electron chi connectivity index (χ2n) is 10.3. The van der Waals surface area contributed by atoms with Gasteiger partial charge in [-0.3, -0.25) is 0 Å². The molecule has 0 bridgehead atoms. The van der Waals surface area contributed by atoms with Crippen molar-refractivity contribution in [2.24, 2.45) is 0 Å². The number of aliphatic hydroxyl groups excluding tert-OH is 1. The van der Waals surface area contributed by atoms with Gasteiger partial charge in [0.05, 0.1) is 117 Å². The minimum atomic E-state index is -0.0149. The van der Waals surface area contributed by atoms with E-state index in [-0.39, 0.29) is 24.9 Å². The summed E-state index contributed by atoms with van der Waals surface area (Å²) < 4.78 is 50.1. The van der Waals surface area contributed by atoms with Crippen molar-refractivity contribution in [3.05, 3.63) is 0 Å². The second kappa shape index (κ2) is 34.1. The summed E-state index contributed by atoms with van der Waals surface area (Å²) in [5.41, 5.74) is 0. The highest BCUT2D eigenvalue weighted by Gasteiger charge is 2.10. The van der Waals surface area contributed by atoms with Crippen molar-refractivity contribution in [2.75, 3.05) is 106 Å². The molecular weight excluding hydrogens is 532 g/mol. The molecule has 0 aliphatic heterocycles. The van der Waals surface area contributed by atoms with Gasteiger partial charge in [-0.1, -0.05) is 51.9 Å². The van der Waals surface area contributed by atoms with Crippen molar-refractivity contribution in [2.45, 2.75) is 97.4 Å². The number of ether oxygens (including phenoxy) is 9. The van der Waals surface area contributed by atoms with Crippen LogP contribution in [0.1, 0.15) is 79.1 Å². The number of hydrogen-bond acceptors (Lipinski definition) is 10. The maximum Gasteiger partial charge on any atom is 0.0781 e. The van der Waals surface area contributed by atoms with Crippen molar-refractivity contribution in [1.82, 2.24) is 0 Å². The summed E-state index contributed by atoms with van der Waals surface area (Å²) in [6.07, 6.45) is 10.5. The molecule has 0 saturated heterocycles. The standard InChI is InChI=1S/C31H64O10/c1-5-6-7-8-9-10-11-12-14-38-26-29(2)40-28-31(4)41-27-30(3)39-25-24-37-23-22-36-21-20-35-19-18-34-17-16-33-15-13-32/h29-32H,5-28H2,1-4H3. The van der Waals surface area contributed by atoms with Crippen molar-refractivity contribution in [1.29, 1.82) is 0 Å². The molecule has 0 aliphatic carbocycles. The zero-order chi connectivity index (χ0) is 30.1. The first-order valence-electron chi connectivity index (χ1n) is 16.0. The third-order valence-electron chi connectivity index (χ3n) is 6.08. The van der Waals surface area contributed by atoms with E-state index in [0.29, 0.717) is 92.5 Å². The van der Waals surface area contributed by atoms with E-state index in [9.17, 15) is 0 Å². The predicted octanol–water partition coefficient (Wildman–Crippen LogP) is 4.43. The molecule has 0 rings (SSSR count). The van der Waals surface area contributed by atoms with Gasteiger partial charge in [0.1, 0.15) is 0 Å². The zero-order valence-corrected chi connectivity index (χ0v) is 26.8. The van der Waals surface area contributed by atoms with Crippen molar-refractivity contribution in [3.63, 3.8) is 0 Å². The molecule has 1 N–H and O–H groups in total. The van der Waals surface area contributed by atoms with Gasteiger partial charge in [-0.25, -0.2) is 0 Å². The molecule has 0 saturated carbocycles. The highest BCUT2D eigenvalue weighted by atomic mass is 16.6. The largest absolute Gasteiger partial charge is 0.394 e. The Kier molecular flexibility index (Phi) is 33.8. The van der Waals surface area contributed by atoms with Gasteiger partial charge >= 0.3 is 0 Å². The van der Waals surface area contributed by atoms with Gasteiger partial charge in [-0.15, -0.1) is 0 Å². The summed E-state index contributed by atoms with van der Waals surface area (Å²) >= 11 is 0. The van der Waals surface area contributed by atoms with E-state index >= 15 is 0 Å². The highest BCUT2D eigenvalue weighted by Crippen LogP contribution is 2.08. The molecule has 10 nitrogen and oxygen atoms in total. The lowest BCUT2D eigenvalue weighted by atomic mass is 10.1. The Bertz CT molecular complexity index is 486. The number of aliphatic hydroxyl groups is 1. The summed E-state index contributed by atoms with van der Waals surface area (Å²) in [6, 6.07) is 0. The number of unbranched alkanes of at least 4 members (excludes halogenated alkanes) is 7. The summed E-state index contributed by atoms with van der Waals surface area (Å²) in [4.78, 5) is 0. The van der Waals surface area contributed by atoms with Crippen LogP contribution in [0, 0.1) is 0 Å². The molecule has 0 fully saturated rings. The van der Waals surface area contributed by atoms with E-state index in [4.69, 9.17) is 47.7 Å². The molecule has 0 aromatic heterocycles. The van der Waals surface area contributed by atoms with Crippen molar-refractivity contribution < 1.29 is 47.7 Å². The fourth-order valence-corrected chi connectivity index (χ4v) is 3.69. The molecule has 0 spiro atoms. The molecule has 0 aromatic carbocycles. The fourth-order valence-electron chi connectivity index (χ4n) is 3.69. The summed E-state index contributed by atoms with van der Waals surface area (Å²) in [7, 11) is 0. The third kappa shape index (κ3) is 34.0. The van der Waals surface area contributed by atoms with Crippen LogP contribution in [0.15, 0.2) is 0 Å². The van der Waals surface area contributed by atoms with Crippen LogP contribution in [-0.2, 0) is 42.6 Å². The number of hydrogen-bond donors (Lipinski definition) is 1. The lowest BCUT2D eigenvalue weighted by Crippen LogP contribution is -2.27. The summed E-state index contributed by atoms with van der Waals surface area (Å²) in [6.45, 7) is 16.3. The monoisotopic (exact) mass is 596 g/mol. The molecule has 10 heteroatoms. The average molecular weight is 597 g/mol. The van der Waals surface area contributed by atoms with E-state index in [1.165, 1.54) is 44.9 Å². The Morgan fingerprint density at radius 2 is 0.780 bits per heavy atom. The van der Waals surface area contributed by atoms with E-state index in [0.717, 1.165) is 13.0 Å². The predicted molar refractivity (Wildman–Crippen MR) is 161 cm³/mol. The maximum absolute atomic E-state index is 8.59. The van der Waals surface area contributed by atoms with Crippen LogP contribution in [0.25, 0.3) is 0 Å². The van der Waals surface area contributed by atoms with Gasteiger partial charge in [0.15, 0.2) is 0 Å². The normalized spacial score (nSPS) is 14.0. The van der Waals surface area contributed by atoms with Crippen LogP contribution in [0.2, 0.25) is 0 Å².